The van der Waals surface area contributed by atoms with Crippen LogP contribution in [0.25, 0.3) is 0 Å². The Hall–Kier alpha value is -1.10. The fraction of sp³-hybridized carbons (Fsp3) is 0.500. The summed E-state index contributed by atoms with van der Waals surface area (Å²) in [7, 11) is 1.70. The lowest BCUT2D eigenvalue weighted by Crippen LogP contribution is -1.67. The maximum absolute atomic E-state index is 4.60. The van der Waals surface area contributed by atoms with E-state index in [-0.39, 0.29) is 0 Å². The number of hydrogen-bond acceptors (Lipinski definition) is 1. The normalized spacial score (nSPS) is 9.00. The third kappa shape index (κ3) is 28.6. The molecule has 0 radical (unpaired) electrons. The molecule has 0 heterocycles. The van der Waals surface area contributed by atoms with E-state index in [1.807, 2.05) is 13.1 Å². The second-order valence-electron chi connectivity index (χ2n) is 1.40. The highest BCUT2D eigenvalue weighted by atomic mass is 14.8. The molecule has 0 bridgehead atoms. The van der Waals surface area contributed by atoms with Gasteiger partial charge in [0.25, 0.3) is 0 Å². The molecule has 0 unspecified atom stereocenters. The van der Waals surface area contributed by atoms with E-state index < -0.39 is 0 Å². The van der Waals surface area contributed by atoms with E-state index in [0.29, 0.717) is 0 Å². The van der Waals surface area contributed by atoms with Crippen LogP contribution in [0.15, 0.2) is 9.98 Å². The summed E-state index contributed by atoms with van der Waals surface area (Å²) in [4.78, 5) is 7.44. The maximum atomic E-state index is 4.60. The van der Waals surface area contributed by atoms with Crippen LogP contribution >= 0.6 is 0 Å². The maximum Gasteiger partial charge on any atom is 0.109 e. The molecular formula is C8H14N2. The van der Waals surface area contributed by atoms with Crippen LogP contribution in [0, 0.1) is 12.3 Å². The van der Waals surface area contributed by atoms with Gasteiger partial charge in [-0.2, -0.15) is 0 Å². The van der Waals surface area contributed by atoms with Crippen LogP contribution in [-0.4, -0.2) is 19.6 Å². The van der Waals surface area contributed by atoms with Crippen LogP contribution in [0.2, 0.25) is 0 Å². The van der Waals surface area contributed by atoms with Gasteiger partial charge < -0.3 is 0 Å². The second-order valence-corrected chi connectivity index (χ2v) is 1.40. The smallest absolute Gasteiger partial charge is 0.109 e. The standard InChI is InChI=1S/C5H10N2.C3H4/c1-3-4-7-5-6-2;1-3-2/h4-5H,3H2,1-2H3;1H,2H3. The predicted octanol–water partition coefficient (Wildman–Crippen LogP) is 1.76. The summed E-state index contributed by atoms with van der Waals surface area (Å²) in [5, 5.41) is 0. The number of terminal acetylenes is 1. The Morgan fingerprint density at radius 1 is 1.60 bits per heavy atom. The first-order valence-corrected chi connectivity index (χ1v) is 3.13. The SMILES string of the molecule is C#CC.CCC=NC=NC. The zero-order valence-corrected chi connectivity index (χ0v) is 6.83. The summed E-state index contributed by atoms with van der Waals surface area (Å²) in [6.45, 7) is 3.69. The highest BCUT2D eigenvalue weighted by Crippen LogP contribution is 1.64. The van der Waals surface area contributed by atoms with Crippen molar-refractivity contribution in [3.05, 3.63) is 0 Å². The zero-order chi connectivity index (χ0) is 8.24. The number of nitrogens with zero attached hydrogens (tertiary/aromatic N) is 2. The Morgan fingerprint density at radius 2 is 2.10 bits per heavy atom. The van der Waals surface area contributed by atoms with Gasteiger partial charge in [-0.15, -0.1) is 12.3 Å². The molecule has 0 atom stereocenters. The molecular weight excluding hydrogens is 124 g/mol. The highest BCUT2D eigenvalue weighted by Gasteiger charge is 1.58. The molecule has 0 aromatic heterocycles. The quantitative estimate of drug-likeness (QED) is 0.315. The summed E-state index contributed by atoms with van der Waals surface area (Å²) in [6, 6.07) is 0. The van der Waals surface area contributed by atoms with Crippen molar-refractivity contribution >= 4 is 12.6 Å². The molecule has 0 rings (SSSR count). The largest absolute Gasteiger partial charge is 0.277 e. The molecule has 2 heteroatoms. The Bertz CT molecular complexity index is 129. The minimum absolute atomic E-state index is 0.978. The van der Waals surface area contributed by atoms with Gasteiger partial charge in [-0.05, 0) is 13.3 Å². The summed E-state index contributed by atoms with van der Waals surface area (Å²) in [5.74, 6) is 2.25. The predicted molar refractivity (Wildman–Crippen MR) is 47.7 cm³/mol. The third-order valence-corrected chi connectivity index (χ3v) is 0.470. The summed E-state index contributed by atoms with van der Waals surface area (Å²) >= 11 is 0. The molecule has 0 aliphatic carbocycles. The van der Waals surface area contributed by atoms with E-state index in [9.17, 15) is 0 Å². The second kappa shape index (κ2) is 15.7. The molecule has 0 spiro atoms. The number of hydrogen-bond donors (Lipinski definition) is 0. The number of rotatable bonds is 2. The molecule has 0 fully saturated rings. The van der Waals surface area contributed by atoms with Crippen molar-refractivity contribution in [3.8, 4) is 12.3 Å². The van der Waals surface area contributed by atoms with Gasteiger partial charge in [0.2, 0.25) is 0 Å². The lowest BCUT2D eigenvalue weighted by atomic mass is 10.5. The van der Waals surface area contributed by atoms with Gasteiger partial charge in [-0.1, -0.05) is 6.92 Å². The van der Waals surface area contributed by atoms with Crippen molar-refractivity contribution in [2.24, 2.45) is 9.98 Å². The average molecular weight is 138 g/mol. The zero-order valence-electron chi connectivity index (χ0n) is 6.83. The van der Waals surface area contributed by atoms with E-state index in [0.717, 1.165) is 6.42 Å². The van der Waals surface area contributed by atoms with Gasteiger partial charge >= 0.3 is 0 Å². The van der Waals surface area contributed by atoms with Crippen LogP contribution in [-0.2, 0) is 0 Å². The molecule has 0 aromatic rings. The third-order valence-electron chi connectivity index (χ3n) is 0.470. The lowest BCUT2D eigenvalue weighted by molar-refractivity contribution is 1.32. The molecule has 0 aliphatic heterocycles. The lowest BCUT2D eigenvalue weighted by Gasteiger charge is -1.70. The first kappa shape index (κ1) is 11.7. The molecule has 0 N–H and O–H groups in total. The van der Waals surface area contributed by atoms with Crippen molar-refractivity contribution in [1.82, 2.24) is 0 Å². The van der Waals surface area contributed by atoms with Crippen LogP contribution < -0.4 is 0 Å². The van der Waals surface area contributed by atoms with Gasteiger partial charge in [0.15, 0.2) is 0 Å². The van der Waals surface area contributed by atoms with Crippen LogP contribution in [0.5, 0.6) is 0 Å². The minimum Gasteiger partial charge on any atom is -0.277 e. The van der Waals surface area contributed by atoms with Gasteiger partial charge in [-0.3, -0.25) is 4.99 Å². The molecule has 10 heavy (non-hydrogen) atoms. The van der Waals surface area contributed by atoms with Gasteiger partial charge in [0, 0.05) is 13.3 Å². The van der Waals surface area contributed by atoms with Gasteiger partial charge in [0.05, 0.1) is 0 Å². The first-order valence-electron chi connectivity index (χ1n) is 3.13. The van der Waals surface area contributed by atoms with E-state index in [1.54, 1.807) is 14.0 Å². The van der Waals surface area contributed by atoms with Crippen molar-refractivity contribution in [1.29, 1.82) is 0 Å². The molecule has 0 saturated heterocycles. The van der Waals surface area contributed by atoms with Crippen LogP contribution in [0.3, 0.4) is 0 Å². The highest BCUT2D eigenvalue weighted by molar-refractivity contribution is 5.71. The molecule has 0 aromatic carbocycles. The number of aliphatic imine (C=N–C) groups is 2. The first-order chi connectivity index (χ1) is 4.83. The van der Waals surface area contributed by atoms with Gasteiger partial charge in [-0.25, -0.2) is 4.99 Å². The van der Waals surface area contributed by atoms with E-state index >= 15 is 0 Å². The average Bonchev–Trinajstić information content (AvgIpc) is 1.91. The molecule has 56 valence electrons. The van der Waals surface area contributed by atoms with Crippen LogP contribution in [0.4, 0.5) is 0 Å². The summed E-state index contributed by atoms with van der Waals surface area (Å²) in [5.41, 5.74) is 0. The minimum atomic E-state index is 0.978. The molecule has 0 aliphatic rings. The monoisotopic (exact) mass is 138 g/mol. The van der Waals surface area contributed by atoms with Crippen molar-refractivity contribution in [3.63, 3.8) is 0 Å². The van der Waals surface area contributed by atoms with Gasteiger partial charge in [0.1, 0.15) is 6.34 Å². The Morgan fingerprint density at radius 3 is 2.40 bits per heavy atom. The van der Waals surface area contributed by atoms with Crippen molar-refractivity contribution in [2.45, 2.75) is 20.3 Å². The fourth-order valence-corrected chi connectivity index (χ4v) is 0.219. The van der Waals surface area contributed by atoms with E-state index in [4.69, 9.17) is 0 Å². The van der Waals surface area contributed by atoms with Crippen LogP contribution in [0.1, 0.15) is 20.3 Å². The Kier molecular flexibility index (Phi) is 18.3. The fourth-order valence-electron chi connectivity index (χ4n) is 0.219. The molecule has 2 nitrogen and oxygen atoms in total. The van der Waals surface area contributed by atoms with Crippen molar-refractivity contribution in [2.75, 3.05) is 7.05 Å². The summed E-state index contributed by atoms with van der Waals surface area (Å²) < 4.78 is 0. The molecule has 0 amide bonds. The summed E-state index contributed by atoms with van der Waals surface area (Å²) in [6.07, 6.45) is 8.92. The molecule has 0 saturated carbocycles. The van der Waals surface area contributed by atoms with E-state index in [2.05, 4.69) is 22.3 Å². The van der Waals surface area contributed by atoms with Crippen molar-refractivity contribution < 1.29 is 0 Å². The topological polar surface area (TPSA) is 24.7 Å². The van der Waals surface area contributed by atoms with E-state index in [1.165, 1.54) is 6.34 Å². The Balaban J connectivity index is 0. The Labute approximate surface area is 63.1 Å².